The number of carbonyl (C=O) groups excluding carboxylic acids is 2. The minimum Gasteiger partial charge on any atom is -0.383 e. The van der Waals surface area contributed by atoms with Crippen molar-refractivity contribution in [3.63, 3.8) is 0 Å². The van der Waals surface area contributed by atoms with Gasteiger partial charge < -0.3 is 15.0 Å². The molecule has 20 heavy (non-hydrogen) atoms. The van der Waals surface area contributed by atoms with E-state index < -0.39 is 23.2 Å². The van der Waals surface area contributed by atoms with Gasteiger partial charge in [0.25, 0.3) is 0 Å². The van der Waals surface area contributed by atoms with Crippen LogP contribution in [0.3, 0.4) is 0 Å². The van der Waals surface area contributed by atoms with Crippen molar-refractivity contribution in [2.24, 2.45) is 0 Å². The van der Waals surface area contributed by atoms with E-state index in [1.807, 2.05) is 0 Å². The minimum absolute atomic E-state index is 0.221. The lowest BCUT2D eigenvalue weighted by atomic mass is 10.3. The van der Waals surface area contributed by atoms with E-state index in [4.69, 9.17) is 4.74 Å². The number of amides is 2. The number of halogens is 2. The molecular formula is C13H16F2N2O3. The van der Waals surface area contributed by atoms with E-state index in [2.05, 4.69) is 5.32 Å². The second-order valence-electron chi connectivity index (χ2n) is 4.08. The first kappa shape index (κ1) is 16.0. The summed E-state index contributed by atoms with van der Waals surface area (Å²) in [6.07, 6.45) is 0. The topological polar surface area (TPSA) is 58.6 Å². The second kappa shape index (κ2) is 7.54. The number of hydrogen-bond acceptors (Lipinski definition) is 3. The van der Waals surface area contributed by atoms with Crippen LogP contribution in [-0.4, -0.2) is 43.5 Å². The molecule has 2 amide bonds. The molecule has 1 N–H and O–H groups in total. The monoisotopic (exact) mass is 286 g/mol. The van der Waals surface area contributed by atoms with Crippen LogP contribution < -0.4 is 5.32 Å². The first-order valence-corrected chi connectivity index (χ1v) is 5.94. The van der Waals surface area contributed by atoms with Gasteiger partial charge in [-0.3, -0.25) is 9.59 Å². The van der Waals surface area contributed by atoms with Gasteiger partial charge in [-0.1, -0.05) is 6.07 Å². The summed E-state index contributed by atoms with van der Waals surface area (Å²) in [4.78, 5) is 24.2. The van der Waals surface area contributed by atoms with Gasteiger partial charge in [0.2, 0.25) is 11.8 Å². The Balaban J connectivity index is 2.68. The Morgan fingerprint density at radius 2 is 1.90 bits per heavy atom. The standard InChI is InChI=1S/C13H16F2N2O3/c1-9(18)17(6-7-20-2)8-12(19)16-13-10(14)4-3-5-11(13)15/h3-5H,6-8H2,1-2H3,(H,16,19). The minimum atomic E-state index is -0.871. The number of carbonyl (C=O) groups is 2. The van der Waals surface area contributed by atoms with Gasteiger partial charge >= 0.3 is 0 Å². The Kier molecular flexibility index (Phi) is 6.05. The molecule has 7 heteroatoms. The van der Waals surface area contributed by atoms with Crippen LogP contribution in [0.1, 0.15) is 6.92 Å². The number of anilines is 1. The summed E-state index contributed by atoms with van der Waals surface area (Å²) in [5.74, 6) is -2.75. The van der Waals surface area contributed by atoms with Crippen molar-refractivity contribution in [3.05, 3.63) is 29.8 Å². The number of nitrogens with zero attached hydrogens (tertiary/aromatic N) is 1. The van der Waals surface area contributed by atoms with Crippen molar-refractivity contribution in [2.45, 2.75) is 6.92 Å². The number of rotatable bonds is 6. The molecule has 1 rings (SSSR count). The molecule has 1 aromatic carbocycles. The summed E-state index contributed by atoms with van der Waals surface area (Å²) in [6, 6.07) is 3.26. The predicted octanol–water partition coefficient (Wildman–Crippen LogP) is 1.40. The average molecular weight is 286 g/mol. The van der Waals surface area contributed by atoms with E-state index in [1.54, 1.807) is 0 Å². The highest BCUT2D eigenvalue weighted by Gasteiger charge is 2.16. The summed E-state index contributed by atoms with van der Waals surface area (Å²) in [5.41, 5.74) is -0.521. The number of benzene rings is 1. The summed E-state index contributed by atoms with van der Waals surface area (Å²) in [5, 5.41) is 2.12. The van der Waals surface area contributed by atoms with Gasteiger partial charge in [-0.25, -0.2) is 8.78 Å². The van der Waals surface area contributed by atoms with Crippen LogP contribution in [0.25, 0.3) is 0 Å². The fraction of sp³-hybridized carbons (Fsp3) is 0.385. The Labute approximate surface area is 115 Å². The fourth-order valence-corrected chi connectivity index (χ4v) is 1.52. The first-order valence-electron chi connectivity index (χ1n) is 5.94. The fourth-order valence-electron chi connectivity index (χ4n) is 1.52. The lowest BCUT2D eigenvalue weighted by Crippen LogP contribution is -2.38. The normalized spacial score (nSPS) is 10.2. The summed E-state index contributed by atoms with van der Waals surface area (Å²) in [7, 11) is 1.47. The van der Waals surface area contributed by atoms with Crippen molar-refractivity contribution in [3.8, 4) is 0 Å². The number of methoxy groups -OCH3 is 1. The largest absolute Gasteiger partial charge is 0.383 e. The van der Waals surface area contributed by atoms with E-state index >= 15 is 0 Å². The van der Waals surface area contributed by atoms with Crippen molar-refractivity contribution in [2.75, 3.05) is 32.1 Å². The van der Waals surface area contributed by atoms with Gasteiger partial charge in [-0.15, -0.1) is 0 Å². The zero-order valence-electron chi connectivity index (χ0n) is 11.3. The molecule has 0 atom stereocenters. The Hall–Kier alpha value is -2.02. The lowest BCUT2D eigenvalue weighted by Gasteiger charge is -2.20. The number of ether oxygens (including phenoxy) is 1. The molecule has 0 aliphatic rings. The van der Waals surface area contributed by atoms with Crippen LogP contribution >= 0.6 is 0 Å². The van der Waals surface area contributed by atoms with Crippen LogP contribution in [0.2, 0.25) is 0 Å². The van der Waals surface area contributed by atoms with Gasteiger partial charge in [0.15, 0.2) is 0 Å². The molecular weight excluding hydrogens is 270 g/mol. The summed E-state index contributed by atoms with van der Waals surface area (Å²) < 4.78 is 31.5. The molecule has 0 saturated carbocycles. The van der Waals surface area contributed by atoms with Crippen molar-refractivity contribution < 1.29 is 23.1 Å². The molecule has 0 aliphatic carbocycles. The second-order valence-corrected chi connectivity index (χ2v) is 4.08. The molecule has 0 aromatic heterocycles. The maximum Gasteiger partial charge on any atom is 0.244 e. The first-order chi connectivity index (χ1) is 9.45. The zero-order chi connectivity index (χ0) is 15.1. The molecule has 0 aliphatic heterocycles. The molecule has 5 nitrogen and oxygen atoms in total. The molecule has 0 spiro atoms. The molecule has 0 saturated heterocycles. The van der Waals surface area contributed by atoms with Crippen molar-refractivity contribution >= 4 is 17.5 Å². The maximum atomic E-state index is 13.4. The highest BCUT2D eigenvalue weighted by atomic mass is 19.1. The number of hydrogen-bond donors (Lipinski definition) is 1. The summed E-state index contributed by atoms with van der Waals surface area (Å²) >= 11 is 0. The van der Waals surface area contributed by atoms with E-state index in [9.17, 15) is 18.4 Å². The molecule has 0 bridgehead atoms. The third-order valence-corrected chi connectivity index (χ3v) is 2.57. The lowest BCUT2D eigenvalue weighted by molar-refractivity contribution is -0.133. The molecule has 0 heterocycles. The highest BCUT2D eigenvalue weighted by molar-refractivity contribution is 5.94. The summed E-state index contributed by atoms with van der Waals surface area (Å²) in [6.45, 7) is 1.49. The predicted molar refractivity (Wildman–Crippen MR) is 69.1 cm³/mol. The maximum absolute atomic E-state index is 13.4. The molecule has 110 valence electrons. The Morgan fingerprint density at radius 3 is 2.40 bits per heavy atom. The third kappa shape index (κ3) is 4.58. The number of nitrogens with one attached hydrogen (secondary N) is 1. The van der Waals surface area contributed by atoms with Gasteiger partial charge in [0, 0.05) is 20.6 Å². The third-order valence-electron chi connectivity index (χ3n) is 2.57. The zero-order valence-corrected chi connectivity index (χ0v) is 11.3. The Morgan fingerprint density at radius 1 is 1.30 bits per heavy atom. The van der Waals surface area contributed by atoms with Gasteiger partial charge in [0.1, 0.15) is 17.3 Å². The van der Waals surface area contributed by atoms with E-state index in [1.165, 1.54) is 25.0 Å². The quantitative estimate of drug-likeness (QED) is 0.860. The average Bonchev–Trinajstić information content (AvgIpc) is 2.38. The van der Waals surface area contributed by atoms with Crippen LogP contribution in [0, 0.1) is 11.6 Å². The van der Waals surface area contributed by atoms with E-state index in [0.29, 0.717) is 0 Å². The van der Waals surface area contributed by atoms with Crippen LogP contribution in [-0.2, 0) is 14.3 Å². The molecule has 1 aromatic rings. The van der Waals surface area contributed by atoms with Crippen LogP contribution in [0.4, 0.5) is 14.5 Å². The van der Waals surface area contributed by atoms with E-state index in [0.717, 1.165) is 12.1 Å². The van der Waals surface area contributed by atoms with Gasteiger partial charge in [-0.2, -0.15) is 0 Å². The van der Waals surface area contributed by atoms with E-state index in [-0.39, 0.29) is 25.6 Å². The van der Waals surface area contributed by atoms with Crippen molar-refractivity contribution in [1.82, 2.24) is 4.90 Å². The Bertz CT molecular complexity index is 474. The van der Waals surface area contributed by atoms with Crippen molar-refractivity contribution in [1.29, 1.82) is 0 Å². The van der Waals surface area contributed by atoms with Crippen LogP contribution in [0.15, 0.2) is 18.2 Å². The highest BCUT2D eigenvalue weighted by Crippen LogP contribution is 2.17. The molecule has 0 fully saturated rings. The number of para-hydroxylation sites is 1. The SMILES string of the molecule is COCCN(CC(=O)Nc1c(F)cccc1F)C(C)=O. The smallest absolute Gasteiger partial charge is 0.244 e. The van der Waals surface area contributed by atoms with Crippen LogP contribution in [0.5, 0.6) is 0 Å². The van der Waals surface area contributed by atoms with Gasteiger partial charge in [-0.05, 0) is 12.1 Å². The van der Waals surface area contributed by atoms with Gasteiger partial charge in [0.05, 0.1) is 13.2 Å². The molecule has 0 unspecified atom stereocenters. The molecule has 0 radical (unpaired) electrons.